The summed E-state index contributed by atoms with van der Waals surface area (Å²) in [5.41, 5.74) is 1.59. The van der Waals surface area contributed by atoms with E-state index >= 15 is 0 Å². The second-order valence-corrected chi connectivity index (χ2v) is 4.91. The molecule has 0 aliphatic rings. The van der Waals surface area contributed by atoms with Gasteiger partial charge in [0.2, 0.25) is 0 Å². The van der Waals surface area contributed by atoms with Crippen molar-refractivity contribution in [3.63, 3.8) is 0 Å². The molecule has 2 aromatic rings. The normalized spacial score (nSPS) is 11.6. The lowest BCUT2D eigenvalue weighted by Gasteiger charge is -2.18. The summed E-state index contributed by atoms with van der Waals surface area (Å²) in [6.07, 6.45) is 0.799. The molecule has 0 radical (unpaired) electrons. The Bertz CT molecular complexity index is 622. The largest absolute Gasteiger partial charge is 0.497 e. The molecule has 2 rings (SSSR count). The molecule has 22 heavy (non-hydrogen) atoms. The van der Waals surface area contributed by atoms with Crippen molar-refractivity contribution < 1.29 is 14.3 Å². The number of nitrogens with one attached hydrogen (secondary N) is 1. The van der Waals surface area contributed by atoms with Crippen molar-refractivity contribution >= 4 is 5.91 Å². The van der Waals surface area contributed by atoms with E-state index in [4.69, 9.17) is 9.47 Å². The minimum Gasteiger partial charge on any atom is -0.497 e. The van der Waals surface area contributed by atoms with E-state index in [0.717, 1.165) is 17.7 Å². The smallest absolute Gasteiger partial charge is 0.255 e. The van der Waals surface area contributed by atoms with Crippen LogP contribution in [0.3, 0.4) is 0 Å². The van der Waals surface area contributed by atoms with E-state index in [1.165, 1.54) is 0 Å². The number of methoxy groups -OCH3 is 2. The van der Waals surface area contributed by atoms with Gasteiger partial charge in [-0.05, 0) is 36.2 Å². The van der Waals surface area contributed by atoms with E-state index < -0.39 is 0 Å². The fraction of sp³-hybridized carbons (Fsp3) is 0.278. The maximum atomic E-state index is 12.5. The van der Waals surface area contributed by atoms with Gasteiger partial charge in [0.05, 0.1) is 25.8 Å². The van der Waals surface area contributed by atoms with Gasteiger partial charge in [-0.1, -0.05) is 31.2 Å². The highest BCUT2D eigenvalue weighted by Crippen LogP contribution is 2.22. The van der Waals surface area contributed by atoms with Gasteiger partial charge in [0, 0.05) is 0 Å². The first-order valence-corrected chi connectivity index (χ1v) is 7.27. The summed E-state index contributed by atoms with van der Waals surface area (Å²) >= 11 is 0. The van der Waals surface area contributed by atoms with E-state index in [1.807, 2.05) is 43.3 Å². The number of carbonyl (C=O) groups excluding carboxylic acids is 1. The Kier molecular flexibility index (Phi) is 5.42. The topological polar surface area (TPSA) is 47.6 Å². The molecule has 1 amide bonds. The van der Waals surface area contributed by atoms with Gasteiger partial charge in [-0.3, -0.25) is 4.79 Å². The fourth-order valence-corrected chi connectivity index (χ4v) is 2.33. The Hall–Kier alpha value is -2.49. The van der Waals surface area contributed by atoms with E-state index in [2.05, 4.69) is 5.32 Å². The number of ether oxygens (including phenoxy) is 2. The molecule has 1 atom stereocenters. The molecule has 0 unspecified atom stereocenters. The predicted octanol–water partition coefficient (Wildman–Crippen LogP) is 3.58. The van der Waals surface area contributed by atoms with Crippen LogP contribution in [0.25, 0.3) is 0 Å². The number of hydrogen-bond acceptors (Lipinski definition) is 3. The fourth-order valence-electron chi connectivity index (χ4n) is 2.33. The summed E-state index contributed by atoms with van der Waals surface area (Å²) in [5.74, 6) is 1.24. The zero-order valence-electron chi connectivity index (χ0n) is 13.1. The Morgan fingerprint density at radius 2 is 1.73 bits per heavy atom. The number of hydrogen-bond donors (Lipinski definition) is 1. The molecule has 0 aliphatic carbocycles. The van der Waals surface area contributed by atoms with Crippen molar-refractivity contribution in [3.05, 3.63) is 59.7 Å². The molecule has 2 aromatic carbocycles. The first kappa shape index (κ1) is 15.9. The molecule has 0 bridgehead atoms. The van der Waals surface area contributed by atoms with Crippen LogP contribution in [0.1, 0.15) is 35.3 Å². The number of amides is 1. The lowest BCUT2D eigenvalue weighted by atomic mass is 10.0. The standard InChI is InChI=1S/C18H21NO3/c1-4-16(13-9-11-14(21-2)12-10-13)19-18(20)15-7-5-6-8-17(15)22-3/h5-12,16H,4H2,1-3H3,(H,19,20)/t16-/m0/s1. The molecule has 4 nitrogen and oxygen atoms in total. The van der Waals surface area contributed by atoms with Crippen molar-refractivity contribution in [1.29, 1.82) is 0 Å². The molecule has 0 aliphatic heterocycles. The van der Waals surface area contributed by atoms with Crippen LogP contribution in [0.15, 0.2) is 48.5 Å². The van der Waals surface area contributed by atoms with Gasteiger partial charge in [0.25, 0.3) is 5.91 Å². The molecule has 116 valence electrons. The van der Waals surface area contributed by atoms with Crippen LogP contribution < -0.4 is 14.8 Å². The average molecular weight is 299 g/mol. The number of para-hydroxylation sites is 1. The molecular formula is C18H21NO3. The van der Waals surface area contributed by atoms with Gasteiger partial charge in [-0.25, -0.2) is 0 Å². The molecule has 4 heteroatoms. The van der Waals surface area contributed by atoms with Gasteiger partial charge in [-0.2, -0.15) is 0 Å². The number of benzene rings is 2. The average Bonchev–Trinajstić information content (AvgIpc) is 2.59. The second-order valence-electron chi connectivity index (χ2n) is 4.91. The zero-order valence-corrected chi connectivity index (χ0v) is 13.1. The van der Waals surface area contributed by atoms with E-state index in [9.17, 15) is 4.79 Å². The third-order valence-electron chi connectivity index (χ3n) is 3.58. The monoisotopic (exact) mass is 299 g/mol. The molecule has 0 aromatic heterocycles. The quantitative estimate of drug-likeness (QED) is 0.887. The molecule has 0 fully saturated rings. The highest BCUT2D eigenvalue weighted by atomic mass is 16.5. The zero-order chi connectivity index (χ0) is 15.9. The predicted molar refractivity (Wildman–Crippen MR) is 86.5 cm³/mol. The van der Waals surface area contributed by atoms with Crippen LogP contribution in [-0.4, -0.2) is 20.1 Å². The minimum atomic E-state index is -0.139. The molecular weight excluding hydrogens is 278 g/mol. The molecule has 0 spiro atoms. The van der Waals surface area contributed by atoms with Crippen LogP contribution in [0.2, 0.25) is 0 Å². The van der Waals surface area contributed by atoms with Crippen molar-refractivity contribution in [2.45, 2.75) is 19.4 Å². The van der Waals surface area contributed by atoms with E-state index in [1.54, 1.807) is 26.4 Å². The molecule has 0 heterocycles. The SMILES string of the molecule is CC[C@H](NC(=O)c1ccccc1OC)c1ccc(OC)cc1. The lowest BCUT2D eigenvalue weighted by molar-refractivity contribution is 0.0932. The summed E-state index contributed by atoms with van der Waals surface area (Å²) < 4.78 is 10.4. The van der Waals surface area contributed by atoms with Crippen molar-refractivity contribution in [2.75, 3.05) is 14.2 Å². The van der Waals surface area contributed by atoms with Crippen LogP contribution in [-0.2, 0) is 0 Å². The summed E-state index contributed by atoms with van der Waals surface area (Å²) in [4.78, 5) is 12.5. The van der Waals surface area contributed by atoms with Crippen molar-refractivity contribution in [3.8, 4) is 11.5 Å². The van der Waals surface area contributed by atoms with Crippen LogP contribution >= 0.6 is 0 Å². The summed E-state index contributed by atoms with van der Waals surface area (Å²) in [6, 6.07) is 14.9. The van der Waals surface area contributed by atoms with Gasteiger partial charge in [0.15, 0.2) is 0 Å². The lowest BCUT2D eigenvalue weighted by Crippen LogP contribution is -2.28. The molecule has 0 saturated heterocycles. The number of carbonyl (C=O) groups is 1. The van der Waals surface area contributed by atoms with Crippen LogP contribution in [0, 0.1) is 0 Å². The second kappa shape index (κ2) is 7.50. The van der Waals surface area contributed by atoms with Crippen molar-refractivity contribution in [2.24, 2.45) is 0 Å². The molecule has 1 N–H and O–H groups in total. The van der Waals surface area contributed by atoms with Gasteiger partial charge >= 0.3 is 0 Å². The highest BCUT2D eigenvalue weighted by Gasteiger charge is 2.17. The summed E-state index contributed by atoms with van der Waals surface area (Å²) in [6.45, 7) is 2.04. The molecule has 0 saturated carbocycles. The van der Waals surface area contributed by atoms with Crippen molar-refractivity contribution in [1.82, 2.24) is 5.32 Å². The highest BCUT2D eigenvalue weighted by molar-refractivity contribution is 5.97. The Labute approximate surface area is 131 Å². The van der Waals surface area contributed by atoms with Gasteiger partial charge in [0.1, 0.15) is 11.5 Å². The summed E-state index contributed by atoms with van der Waals surface area (Å²) in [5, 5.41) is 3.05. The third-order valence-corrected chi connectivity index (χ3v) is 3.58. The maximum Gasteiger partial charge on any atom is 0.255 e. The van der Waals surface area contributed by atoms with E-state index in [-0.39, 0.29) is 11.9 Å². The first-order chi connectivity index (χ1) is 10.7. The third kappa shape index (κ3) is 3.58. The Morgan fingerprint density at radius 1 is 1.05 bits per heavy atom. The van der Waals surface area contributed by atoms with E-state index in [0.29, 0.717) is 11.3 Å². The maximum absolute atomic E-state index is 12.5. The van der Waals surface area contributed by atoms with Gasteiger partial charge in [-0.15, -0.1) is 0 Å². The van der Waals surface area contributed by atoms with Crippen LogP contribution in [0.5, 0.6) is 11.5 Å². The first-order valence-electron chi connectivity index (χ1n) is 7.27. The Morgan fingerprint density at radius 3 is 2.32 bits per heavy atom. The number of rotatable bonds is 6. The van der Waals surface area contributed by atoms with Gasteiger partial charge < -0.3 is 14.8 Å². The summed E-state index contributed by atoms with van der Waals surface area (Å²) in [7, 11) is 3.20. The van der Waals surface area contributed by atoms with Crippen LogP contribution in [0.4, 0.5) is 0 Å². The minimum absolute atomic E-state index is 0.0525. The Balaban J connectivity index is 2.16.